The van der Waals surface area contributed by atoms with Gasteiger partial charge < -0.3 is 0 Å². The molecule has 0 atom stereocenters. The molecule has 0 saturated heterocycles. The summed E-state index contributed by atoms with van der Waals surface area (Å²) >= 11 is 0. The minimum absolute atomic E-state index is 0.160. The molecule has 17 heavy (non-hydrogen) atoms. The monoisotopic (exact) mass is 222 g/mol. The van der Waals surface area contributed by atoms with Gasteiger partial charge in [0.1, 0.15) is 5.78 Å². The van der Waals surface area contributed by atoms with Crippen LogP contribution in [0.1, 0.15) is 18.4 Å². The van der Waals surface area contributed by atoms with Crippen LogP contribution in [0, 0.1) is 11.3 Å². The lowest BCUT2D eigenvalue weighted by atomic mass is 9.64. The standard InChI is InChI=1S/C14H10N2O/c15-9-14(7-10(17)8-14)12-5-6-16-13-4-2-1-3-11(12)13/h1-6H,7-8H2. The third-order valence-electron chi connectivity index (χ3n) is 3.38. The zero-order valence-electron chi connectivity index (χ0n) is 9.18. The van der Waals surface area contributed by atoms with Crippen molar-refractivity contribution in [1.29, 1.82) is 5.26 Å². The normalized spacial score (nSPS) is 17.5. The Morgan fingerprint density at radius 3 is 2.71 bits per heavy atom. The number of nitrogens with zero attached hydrogens (tertiary/aromatic N) is 2. The van der Waals surface area contributed by atoms with E-state index in [1.807, 2.05) is 30.3 Å². The number of rotatable bonds is 1. The first kappa shape index (κ1) is 9.98. The number of benzene rings is 1. The van der Waals surface area contributed by atoms with Crippen molar-refractivity contribution < 1.29 is 4.79 Å². The third kappa shape index (κ3) is 1.34. The molecule has 3 rings (SSSR count). The van der Waals surface area contributed by atoms with E-state index in [9.17, 15) is 10.1 Å². The fourth-order valence-electron chi connectivity index (χ4n) is 2.46. The van der Waals surface area contributed by atoms with Crippen molar-refractivity contribution in [2.24, 2.45) is 0 Å². The summed E-state index contributed by atoms with van der Waals surface area (Å²) in [6, 6.07) is 11.9. The van der Waals surface area contributed by atoms with E-state index in [0.717, 1.165) is 16.5 Å². The van der Waals surface area contributed by atoms with Crippen molar-refractivity contribution in [3.05, 3.63) is 42.1 Å². The average Bonchev–Trinajstić information content (AvgIpc) is 2.34. The molecule has 1 aromatic carbocycles. The van der Waals surface area contributed by atoms with Crippen LogP contribution in [0.2, 0.25) is 0 Å². The number of carbonyl (C=O) groups excluding carboxylic acids is 1. The second kappa shape index (κ2) is 3.39. The minimum Gasteiger partial charge on any atom is -0.300 e. The number of pyridine rings is 1. The number of para-hydroxylation sites is 1. The largest absolute Gasteiger partial charge is 0.300 e. The number of hydrogen-bond acceptors (Lipinski definition) is 3. The van der Waals surface area contributed by atoms with Crippen LogP contribution in [-0.4, -0.2) is 10.8 Å². The molecule has 1 saturated carbocycles. The van der Waals surface area contributed by atoms with Gasteiger partial charge >= 0.3 is 0 Å². The second-order valence-corrected chi connectivity index (χ2v) is 4.46. The molecule has 3 heteroatoms. The first-order chi connectivity index (χ1) is 8.25. The molecule has 1 heterocycles. The summed E-state index contributed by atoms with van der Waals surface area (Å²) in [5.41, 5.74) is 1.18. The molecule has 82 valence electrons. The number of aromatic nitrogens is 1. The van der Waals surface area contributed by atoms with Gasteiger partial charge in [-0.25, -0.2) is 0 Å². The van der Waals surface area contributed by atoms with Gasteiger partial charge in [-0.3, -0.25) is 9.78 Å². The Balaban J connectivity index is 2.25. The lowest BCUT2D eigenvalue weighted by Crippen LogP contribution is -2.40. The highest BCUT2D eigenvalue weighted by atomic mass is 16.1. The first-order valence-corrected chi connectivity index (χ1v) is 5.52. The first-order valence-electron chi connectivity index (χ1n) is 5.52. The lowest BCUT2D eigenvalue weighted by Gasteiger charge is -2.34. The molecule has 1 aromatic heterocycles. The van der Waals surface area contributed by atoms with E-state index in [4.69, 9.17) is 0 Å². The summed E-state index contributed by atoms with van der Waals surface area (Å²) in [5, 5.41) is 10.3. The molecule has 1 fully saturated rings. The van der Waals surface area contributed by atoms with Crippen molar-refractivity contribution in [2.75, 3.05) is 0 Å². The SMILES string of the molecule is N#CC1(c2ccnc3ccccc23)CC(=O)C1. The molecule has 1 aliphatic carbocycles. The zero-order chi connectivity index (χ0) is 11.9. The molecule has 0 amide bonds. The summed E-state index contributed by atoms with van der Waals surface area (Å²) in [4.78, 5) is 15.5. The van der Waals surface area contributed by atoms with Crippen LogP contribution in [0.5, 0.6) is 0 Å². The van der Waals surface area contributed by atoms with Crippen LogP contribution < -0.4 is 0 Å². The van der Waals surface area contributed by atoms with Gasteiger partial charge in [0.25, 0.3) is 0 Å². The Kier molecular flexibility index (Phi) is 1.99. The number of hydrogen-bond donors (Lipinski definition) is 0. The molecule has 0 spiro atoms. The molecule has 2 aromatic rings. The van der Waals surface area contributed by atoms with E-state index in [0.29, 0.717) is 12.8 Å². The lowest BCUT2D eigenvalue weighted by molar-refractivity contribution is -0.126. The van der Waals surface area contributed by atoms with Crippen LogP contribution in [0.15, 0.2) is 36.5 Å². The van der Waals surface area contributed by atoms with Crippen LogP contribution in [0.25, 0.3) is 10.9 Å². The van der Waals surface area contributed by atoms with E-state index in [2.05, 4.69) is 11.1 Å². The van der Waals surface area contributed by atoms with E-state index in [1.165, 1.54) is 0 Å². The number of nitriles is 1. The van der Waals surface area contributed by atoms with Crippen LogP contribution >= 0.6 is 0 Å². The van der Waals surface area contributed by atoms with E-state index in [1.54, 1.807) is 6.20 Å². The predicted molar refractivity (Wildman–Crippen MR) is 63.3 cm³/mol. The molecular formula is C14H10N2O. The summed E-state index contributed by atoms with van der Waals surface area (Å²) < 4.78 is 0. The van der Waals surface area contributed by atoms with Gasteiger partial charge in [-0.1, -0.05) is 18.2 Å². The Hall–Kier alpha value is -2.21. The van der Waals surface area contributed by atoms with Crippen LogP contribution in [0.4, 0.5) is 0 Å². The molecule has 0 radical (unpaired) electrons. The molecule has 0 N–H and O–H groups in total. The van der Waals surface area contributed by atoms with Gasteiger partial charge in [0.15, 0.2) is 0 Å². The van der Waals surface area contributed by atoms with E-state index < -0.39 is 5.41 Å². The summed E-state index contributed by atoms with van der Waals surface area (Å²) in [6.07, 6.45) is 2.37. The van der Waals surface area contributed by atoms with Crippen molar-refractivity contribution >= 4 is 16.7 Å². The van der Waals surface area contributed by atoms with Gasteiger partial charge in [0.05, 0.1) is 17.0 Å². The molecule has 0 bridgehead atoms. The highest BCUT2D eigenvalue weighted by Crippen LogP contribution is 2.43. The molecule has 1 aliphatic rings. The summed E-state index contributed by atoms with van der Waals surface area (Å²) in [5.74, 6) is 0.160. The second-order valence-electron chi connectivity index (χ2n) is 4.46. The summed E-state index contributed by atoms with van der Waals surface area (Å²) in [6.45, 7) is 0. The Morgan fingerprint density at radius 2 is 2.00 bits per heavy atom. The van der Waals surface area contributed by atoms with Gasteiger partial charge in [0, 0.05) is 24.4 Å². The van der Waals surface area contributed by atoms with Gasteiger partial charge in [-0.05, 0) is 17.7 Å². The van der Waals surface area contributed by atoms with Crippen LogP contribution in [0.3, 0.4) is 0 Å². The maximum absolute atomic E-state index is 11.2. The van der Waals surface area contributed by atoms with Gasteiger partial charge in [0.2, 0.25) is 0 Å². The van der Waals surface area contributed by atoms with Crippen LogP contribution in [-0.2, 0) is 10.2 Å². The number of carbonyl (C=O) groups is 1. The smallest absolute Gasteiger partial charge is 0.136 e. The Bertz CT molecular complexity index is 641. The quantitative estimate of drug-likeness (QED) is 0.744. The minimum atomic E-state index is -0.625. The molecule has 3 nitrogen and oxygen atoms in total. The Labute approximate surface area is 98.7 Å². The third-order valence-corrected chi connectivity index (χ3v) is 3.38. The predicted octanol–water partition coefficient (Wildman–Crippen LogP) is 2.36. The van der Waals surface area contributed by atoms with E-state index in [-0.39, 0.29) is 5.78 Å². The summed E-state index contributed by atoms with van der Waals surface area (Å²) in [7, 11) is 0. The molecule has 0 aliphatic heterocycles. The van der Waals surface area contributed by atoms with Crippen molar-refractivity contribution in [3.63, 3.8) is 0 Å². The van der Waals surface area contributed by atoms with E-state index >= 15 is 0 Å². The Morgan fingerprint density at radius 1 is 1.24 bits per heavy atom. The number of fused-ring (bicyclic) bond motifs is 1. The topological polar surface area (TPSA) is 53.8 Å². The zero-order valence-corrected chi connectivity index (χ0v) is 9.18. The van der Waals surface area contributed by atoms with Crippen molar-refractivity contribution in [3.8, 4) is 6.07 Å². The highest BCUT2D eigenvalue weighted by molar-refractivity contribution is 5.94. The average molecular weight is 222 g/mol. The highest BCUT2D eigenvalue weighted by Gasteiger charge is 2.46. The molecular weight excluding hydrogens is 212 g/mol. The maximum atomic E-state index is 11.2. The molecule has 0 unspecified atom stereocenters. The van der Waals surface area contributed by atoms with Crippen molar-refractivity contribution in [2.45, 2.75) is 18.3 Å². The van der Waals surface area contributed by atoms with Crippen molar-refractivity contribution in [1.82, 2.24) is 4.98 Å². The van der Waals surface area contributed by atoms with Gasteiger partial charge in [-0.2, -0.15) is 5.26 Å². The maximum Gasteiger partial charge on any atom is 0.136 e. The number of Topliss-reactive ketones (excluding diaryl/α,β-unsaturated/α-hetero) is 1. The fourth-order valence-corrected chi connectivity index (χ4v) is 2.46. The fraction of sp³-hybridized carbons (Fsp3) is 0.214. The van der Waals surface area contributed by atoms with Gasteiger partial charge in [-0.15, -0.1) is 0 Å². The number of ketones is 1.